The number of H-pyrrole nitrogens is 1. The topological polar surface area (TPSA) is 121 Å². The van der Waals surface area contributed by atoms with Crippen molar-refractivity contribution in [1.82, 2.24) is 24.5 Å². The van der Waals surface area contributed by atoms with Gasteiger partial charge in [0.15, 0.2) is 5.65 Å². The zero-order valence-corrected chi connectivity index (χ0v) is 19.8. The molecule has 0 aliphatic rings. The van der Waals surface area contributed by atoms with Gasteiger partial charge >= 0.3 is 0 Å². The van der Waals surface area contributed by atoms with Crippen molar-refractivity contribution in [1.29, 1.82) is 0 Å². The minimum Gasteiger partial charge on any atom is -0.338 e. The zero-order valence-electron chi connectivity index (χ0n) is 17.4. The number of benzene rings is 2. The van der Waals surface area contributed by atoms with Crippen molar-refractivity contribution in [3.05, 3.63) is 47.0 Å². The molecule has 2 aromatic carbocycles. The number of carbonyl (C=O) groups excluding carboxylic acids is 1. The molecule has 2 heterocycles. The Balaban J connectivity index is 1.52. The predicted octanol–water partition coefficient (Wildman–Crippen LogP) is 3.45. The minimum atomic E-state index is -3.58. The average molecular weight is 491 g/mol. The highest BCUT2D eigenvalue weighted by Crippen LogP contribution is 2.27. The van der Waals surface area contributed by atoms with Gasteiger partial charge in [0.1, 0.15) is 5.52 Å². The third-order valence-electron chi connectivity index (χ3n) is 4.73. The number of aromatic nitrogens is 4. The van der Waals surface area contributed by atoms with Gasteiger partial charge in [-0.2, -0.15) is 0 Å². The molecule has 0 atom stereocenters. The molecule has 2 N–H and O–H groups in total. The zero-order chi connectivity index (χ0) is 23.0. The van der Waals surface area contributed by atoms with Gasteiger partial charge in [-0.25, -0.2) is 17.7 Å². The number of carbonyl (C=O) groups is 1. The van der Waals surface area contributed by atoms with Crippen LogP contribution in [0.5, 0.6) is 0 Å². The third kappa shape index (κ3) is 4.42. The lowest BCUT2D eigenvalue weighted by molar-refractivity contribution is -0.113. The van der Waals surface area contributed by atoms with Crippen LogP contribution in [0.3, 0.4) is 0 Å². The van der Waals surface area contributed by atoms with E-state index in [1.165, 1.54) is 20.2 Å². The van der Waals surface area contributed by atoms with Crippen LogP contribution in [-0.4, -0.2) is 58.6 Å². The minimum absolute atomic E-state index is 0.0874. The fraction of sp³-hybridized carbons (Fsp3) is 0.200. The molecule has 0 saturated carbocycles. The normalized spacial score (nSPS) is 12.0. The summed E-state index contributed by atoms with van der Waals surface area (Å²) in [5.74, 6) is -0.141. The predicted molar refractivity (Wildman–Crippen MR) is 126 cm³/mol. The Morgan fingerprint density at radius 3 is 2.69 bits per heavy atom. The molecule has 9 nitrogen and oxygen atoms in total. The number of hydrogen-bond acceptors (Lipinski definition) is 7. The van der Waals surface area contributed by atoms with Crippen LogP contribution in [0, 0.1) is 6.92 Å². The lowest BCUT2D eigenvalue weighted by Gasteiger charge is -2.10. The van der Waals surface area contributed by atoms with Gasteiger partial charge in [-0.1, -0.05) is 29.4 Å². The van der Waals surface area contributed by atoms with E-state index in [0.29, 0.717) is 37.9 Å². The van der Waals surface area contributed by atoms with E-state index in [0.717, 1.165) is 21.6 Å². The second-order valence-corrected chi connectivity index (χ2v) is 10.7. The first-order valence-electron chi connectivity index (χ1n) is 9.42. The molecule has 12 heteroatoms. The van der Waals surface area contributed by atoms with Gasteiger partial charge in [0.05, 0.1) is 10.6 Å². The monoisotopic (exact) mass is 490 g/mol. The van der Waals surface area contributed by atoms with Gasteiger partial charge in [-0.3, -0.25) is 4.79 Å². The van der Waals surface area contributed by atoms with Gasteiger partial charge in [0.2, 0.25) is 21.1 Å². The number of aromatic amines is 1. The van der Waals surface area contributed by atoms with Crippen LogP contribution in [0.25, 0.3) is 22.1 Å². The Bertz CT molecular complexity index is 1450. The smallest absolute Gasteiger partial charge is 0.242 e. The molecule has 166 valence electrons. The molecule has 0 radical (unpaired) electrons. The standard InChI is InChI=1S/C20H19ClN6O3S2/c1-11-4-5-12(8-15(11)21)22-17(28)10-31-20-24-19-18(25-26-20)14-9-13(6-7-16(14)23-19)32(29,30)27(2)3/h4-9H,10H2,1-3H3,(H,22,28)(H,23,24,26). The van der Waals surface area contributed by atoms with E-state index in [2.05, 4.69) is 25.5 Å². The molecule has 4 rings (SSSR count). The second kappa shape index (κ2) is 8.66. The second-order valence-electron chi connectivity index (χ2n) is 7.21. The maximum Gasteiger partial charge on any atom is 0.242 e. The number of aryl methyl sites for hydroxylation is 1. The lowest BCUT2D eigenvalue weighted by Crippen LogP contribution is -2.22. The summed E-state index contributed by atoms with van der Waals surface area (Å²) in [6, 6.07) is 10.0. The Hall–Kier alpha value is -2.73. The largest absolute Gasteiger partial charge is 0.338 e. The molecular formula is C20H19ClN6O3S2. The van der Waals surface area contributed by atoms with Crippen LogP contribution in [0.4, 0.5) is 5.69 Å². The maximum absolute atomic E-state index is 12.4. The van der Waals surface area contributed by atoms with Crippen LogP contribution < -0.4 is 5.32 Å². The summed E-state index contributed by atoms with van der Waals surface area (Å²) in [6.07, 6.45) is 0. The number of anilines is 1. The molecule has 1 amide bonds. The first kappa shape index (κ1) is 22.5. The highest BCUT2D eigenvalue weighted by Gasteiger charge is 2.19. The Morgan fingerprint density at radius 2 is 1.97 bits per heavy atom. The van der Waals surface area contributed by atoms with Gasteiger partial charge < -0.3 is 10.3 Å². The number of hydrogen-bond donors (Lipinski definition) is 2. The highest BCUT2D eigenvalue weighted by molar-refractivity contribution is 7.99. The Labute approximate surface area is 193 Å². The van der Waals surface area contributed by atoms with Crippen LogP contribution in [0.15, 0.2) is 46.5 Å². The van der Waals surface area contributed by atoms with Crippen molar-refractivity contribution in [3.63, 3.8) is 0 Å². The van der Waals surface area contributed by atoms with Gasteiger partial charge in [0, 0.05) is 35.7 Å². The number of amides is 1. The molecule has 0 saturated heterocycles. The van der Waals surface area contributed by atoms with E-state index in [1.54, 1.807) is 24.3 Å². The molecule has 0 spiro atoms. The maximum atomic E-state index is 12.4. The van der Waals surface area contributed by atoms with Crippen molar-refractivity contribution < 1.29 is 13.2 Å². The third-order valence-corrected chi connectivity index (χ3v) is 7.79. The van der Waals surface area contributed by atoms with Gasteiger partial charge in [-0.05, 0) is 42.8 Å². The summed E-state index contributed by atoms with van der Waals surface area (Å²) in [5, 5.41) is 12.6. The molecule has 0 aliphatic carbocycles. The fourth-order valence-corrected chi connectivity index (χ4v) is 4.66. The number of nitrogens with zero attached hydrogens (tertiary/aromatic N) is 4. The molecule has 0 unspecified atom stereocenters. The Morgan fingerprint density at radius 1 is 1.19 bits per heavy atom. The fourth-order valence-electron chi connectivity index (χ4n) is 2.97. The molecule has 32 heavy (non-hydrogen) atoms. The quantitative estimate of drug-likeness (QED) is 0.397. The number of rotatable bonds is 6. The summed E-state index contributed by atoms with van der Waals surface area (Å²) in [5.41, 5.74) is 3.15. The molecule has 2 aromatic heterocycles. The number of fused-ring (bicyclic) bond motifs is 3. The Kier molecular flexibility index (Phi) is 6.08. The molecule has 4 aromatic rings. The molecule has 0 aliphatic heterocycles. The first-order chi connectivity index (χ1) is 15.1. The van der Waals surface area contributed by atoms with Gasteiger partial charge in [0.25, 0.3) is 0 Å². The van der Waals surface area contributed by atoms with E-state index in [9.17, 15) is 13.2 Å². The van der Waals surface area contributed by atoms with Crippen molar-refractivity contribution in [2.75, 3.05) is 25.2 Å². The van der Waals surface area contributed by atoms with Crippen molar-refractivity contribution in [2.45, 2.75) is 17.0 Å². The average Bonchev–Trinajstić information content (AvgIpc) is 3.11. The summed E-state index contributed by atoms with van der Waals surface area (Å²) >= 11 is 7.22. The van der Waals surface area contributed by atoms with Crippen molar-refractivity contribution in [2.24, 2.45) is 0 Å². The van der Waals surface area contributed by atoms with Crippen molar-refractivity contribution in [3.8, 4) is 0 Å². The lowest BCUT2D eigenvalue weighted by atomic mass is 10.2. The number of halogens is 1. The summed E-state index contributed by atoms with van der Waals surface area (Å²) in [4.78, 5) is 19.9. The van der Waals surface area contributed by atoms with E-state index in [-0.39, 0.29) is 16.6 Å². The summed E-state index contributed by atoms with van der Waals surface area (Å²) in [7, 11) is -0.627. The van der Waals surface area contributed by atoms with Crippen LogP contribution in [0.1, 0.15) is 5.56 Å². The van der Waals surface area contributed by atoms with Crippen LogP contribution in [-0.2, 0) is 14.8 Å². The van der Waals surface area contributed by atoms with Crippen molar-refractivity contribution >= 4 is 67.0 Å². The number of thioether (sulfide) groups is 1. The molecular weight excluding hydrogens is 472 g/mol. The van der Waals surface area contributed by atoms with Gasteiger partial charge in [-0.15, -0.1) is 10.2 Å². The SMILES string of the molecule is Cc1ccc(NC(=O)CSc2nnc3c(n2)[nH]c2ccc(S(=O)(=O)N(C)C)cc23)cc1Cl. The van der Waals surface area contributed by atoms with E-state index < -0.39 is 10.0 Å². The van der Waals surface area contributed by atoms with E-state index in [1.807, 2.05) is 13.0 Å². The van der Waals surface area contributed by atoms with E-state index >= 15 is 0 Å². The summed E-state index contributed by atoms with van der Waals surface area (Å²) in [6.45, 7) is 1.89. The number of nitrogens with one attached hydrogen (secondary N) is 2. The molecule has 0 bridgehead atoms. The van der Waals surface area contributed by atoms with Crippen LogP contribution in [0.2, 0.25) is 5.02 Å². The van der Waals surface area contributed by atoms with Crippen LogP contribution >= 0.6 is 23.4 Å². The molecule has 0 fully saturated rings. The highest BCUT2D eigenvalue weighted by atomic mass is 35.5. The number of sulfonamides is 1. The van der Waals surface area contributed by atoms with E-state index in [4.69, 9.17) is 11.6 Å². The first-order valence-corrected chi connectivity index (χ1v) is 12.2. The summed E-state index contributed by atoms with van der Waals surface area (Å²) < 4.78 is 26.0.